The van der Waals surface area contributed by atoms with Crippen molar-refractivity contribution in [2.45, 2.75) is 13.3 Å². The molecule has 0 aromatic carbocycles. The van der Waals surface area contributed by atoms with E-state index in [1.54, 1.807) is 0 Å². The number of amidine groups is 1. The molecule has 0 spiro atoms. The van der Waals surface area contributed by atoms with Gasteiger partial charge in [0.05, 0.1) is 31.4 Å². The van der Waals surface area contributed by atoms with Crippen LogP contribution in [0.25, 0.3) is 0 Å². The van der Waals surface area contributed by atoms with Crippen molar-refractivity contribution in [1.29, 1.82) is 0 Å². The Labute approximate surface area is 87.8 Å². The van der Waals surface area contributed by atoms with Crippen molar-refractivity contribution in [1.82, 2.24) is 0 Å². The number of ether oxygens (including phenoxy) is 1. The minimum atomic E-state index is -1.75. The molecule has 15 heavy (non-hydrogen) atoms. The predicted molar refractivity (Wildman–Crippen MR) is 54.9 cm³/mol. The fraction of sp³-hybridized carbons (Fsp3) is 0.625. The van der Waals surface area contributed by atoms with Gasteiger partial charge in [0.15, 0.2) is 0 Å². The van der Waals surface area contributed by atoms with E-state index < -0.39 is 5.09 Å². The maximum atomic E-state index is 8.25. The molecule has 7 nitrogen and oxygen atoms in total. The van der Waals surface area contributed by atoms with Crippen molar-refractivity contribution < 1.29 is 14.7 Å². The largest absolute Gasteiger partial charge is 0.381 e. The third-order valence-electron chi connectivity index (χ3n) is 1.70. The van der Waals surface area contributed by atoms with Gasteiger partial charge in [-0.15, -0.1) is 0 Å². The molecule has 0 aliphatic carbocycles. The highest BCUT2D eigenvalue weighted by Gasteiger charge is 2.12. The molecule has 0 amide bonds. The summed E-state index contributed by atoms with van der Waals surface area (Å²) < 4.78 is 5.22. The molecule has 1 heterocycles. The van der Waals surface area contributed by atoms with Gasteiger partial charge in [-0.3, -0.25) is 4.90 Å². The van der Waals surface area contributed by atoms with Gasteiger partial charge in [0, 0.05) is 6.61 Å². The third kappa shape index (κ3) is 7.59. The van der Waals surface area contributed by atoms with Crippen LogP contribution in [-0.2, 0) is 4.74 Å². The predicted octanol–water partition coefficient (Wildman–Crippen LogP) is -0.428. The molecule has 7 heteroatoms. The van der Waals surface area contributed by atoms with Crippen LogP contribution in [0.5, 0.6) is 0 Å². The van der Waals surface area contributed by atoms with Crippen molar-refractivity contribution in [2.24, 2.45) is 4.99 Å². The molecule has 86 valence electrons. The standard InChI is InChI=1S/C8H14N2O.NO3/c1-3-11-7-4-8-9-5-6-10(8)2;2-1(3)4/h5-6H,3-4,7H2,1-2H3;/q;-1/p+1. The van der Waals surface area contributed by atoms with E-state index in [9.17, 15) is 0 Å². The summed E-state index contributed by atoms with van der Waals surface area (Å²) in [6.45, 7) is 3.58. The maximum Gasteiger partial charge on any atom is 0.208 e. The van der Waals surface area contributed by atoms with E-state index in [1.807, 2.05) is 19.3 Å². The molecule has 0 aromatic rings. The molecule has 1 rings (SSSR count). The Morgan fingerprint density at radius 3 is 2.60 bits per heavy atom. The van der Waals surface area contributed by atoms with Crippen LogP contribution in [-0.4, -0.2) is 31.2 Å². The summed E-state index contributed by atoms with van der Waals surface area (Å²) in [7, 11) is 2.08. The smallest absolute Gasteiger partial charge is 0.208 e. The van der Waals surface area contributed by atoms with Gasteiger partial charge in [-0.2, -0.15) is 0 Å². The molecular formula is C8H15N3O4. The molecule has 1 aliphatic heterocycles. The highest BCUT2D eigenvalue weighted by atomic mass is 16.9. The Balaban J connectivity index is 0.000000423. The quantitative estimate of drug-likeness (QED) is 0.393. The van der Waals surface area contributed by atoms with E-state index in [2.05, 4.69) is 12.0 Å². The van der Waals surface area contributed by atoms with E-state index in [-0.39, 0.29) is 0 Å². The van der Waals surface area contributed by atoms with Crippen molar-refractivity contribution in [3.63, 3.8) is 0 Å². The van der Waals surface area contributed by atoms with Crippen molar-refractivity contribution in [3.05, 3.63) is 27.7 Å². The Hall–Kier alpha value is -1.47. The van der Waals surface area contributed by atoms with Crippen molar-refractivity contribution in [3.8, 4) is 0 Å². The summed E-state index contributed by atoms with van der Waals surface area (Å²) >= 11 is 0. The normalized spacial score (nSPS) is 18.0. The first-order valence-electron chi connectivity index (χ1n) is 4.54. The second-order valence-corrected chi connectivity index (χ2v) is 2.75. The van der Waals surface area contributed by atoms with Crippen molar-refractivity contribution in [2.75, 3.05) is 20.3 Å². The summed E-state index contributed by atoms with van der Waals surface area (Å²) in [5.41, 5.74) is 0. The Bertz CT molecular complexity index is 248. The summed E-state index contributed by atoms with van der Waals surface area (Å²) in [6, 6.07) is 0. The van der Waals surface area contributed by atoms with Gasteiger partial charge in [0.25, 0.3) is 0 Å². The highest BCUT2D eigenvalue weighted by Crippen LogP contribution is 1.87. The van der Waals surface area contributed by atoms with Gasteiger partial charge in [-0.05, 0) is 6.92 Å². The molecule has 0 saturated carbocycles. The Kier molecular flexibility index (Phi) is 7.12. The zero-order valence-electron chi connectivity index (χ0n) is 8.80. The van der Waals surface area contributed by atoms with Gasteiger partial charge in [-0.25, -0.2) is 4.99 Å². The van der Waals surface area contributed by atoms with Crippen LogP contribution in [0.4, 0.5) is 0 Å². The lowest BCUT2D eigenvalue weighted by atomic mass is 10.4. The first-order chi connectivity index (χ1) is 7.07. The van der Waals surface area contributed by atoms with Gasteiger partial charge in [0.1, 0.15) is 6.20 Å². The summed E-state index contributed by atoms with van der Waals surface area (Å²) in [5, 5.41) is 14.8. The number of nitrogens with one attached hydrogen (secondary N) is 1. The van der Waals surface area contributed by atoms with E-state index in [0.717, 1.165) is 19.6 Å². The average molecular weight is 217 g/mol. The molecule has 0 fully saturated rings. The van der Waals surface area contributed by atoms with E-state index >= 15 is 0 Å². The van der Waals surface area contributed by atoms with Crippen LogP contribution in [0.2, 0.25) is 0 Å². The van der Waals surface area contributed by atoms with Crippen LogP contribution in [0, 0.1) is 15.3 Å². The van der Waals surface area contributed by atoms with Crippen LogP contribution in [0.15, 0.2) is 17.4 Å². The molecule has 0 radical (unpaired) electrons. The van der Waals surface area contributed by atoms with E-state index in [0.29, 0.717) is 0 Å². The third-order valence-corrected chi connectivity index (χ3v) is 1.70. The summed E-state index contributed by atoms with van der Waals surface area (Å²) in [4.78, 5) is 13.7. The Morgan fingerprint density at radius 2 is 2.20 bits per heavy atom. The zero-order valence-corrected chi connectivity index (χ0v) is 8.80. The first kappa shape index (κ1) is 13.5. The molecule has 1 N–H and O–H groups in total. The Morgan fingerprint density at radius 1 is 1.60 bits per heavy atom. The lowest BCUT2D eigenvalue weighted by Crippen LogP contribution is -3.06. The summed E-state index contributed by atoms with van der Waals surface area (Å²) in [5.74, 6) is 1.17. The van der Waals surface area contributed by atoms with Crippen LogP contribution >= 0.6 is 0 Å². The second-order valence-electron chi connectivity index (χ2n) is 2.75. The fourth-order valence-corrected chi connectivity index (χ4v) is 1.01. The van der Waals surface area contributed by atoms with Gasteiger partial charge in [0.2, 0.25) is 5.84 Å². The van der Waals surface area contributed by atoms with Crippen molar-refractivity contribution >= 4 is 5.84 Å². The minimum absolute atomic E-state index is 0.786. The van der Waals surface area contributed by atoms with E-state index in [4.69, 9.17) is 20.1 Å². The number of rotatable bonds is 4. The molecule has 1 aliphatic rings. The number of aliphatic imine (C=N–C) groups is 1. The molecule has 0 bridgehead atoms. The maximum absolute atomic E-state index is 8.25. The molecular weight excluding hydrogens is 202 g/mol. The number of hydrogen-bond donors (Lipinski definition) is 1. The van der Waals surface area contributed by atoms with E-state index in [1.165, 1.54) is 10.7 Å². The monoisotopic (exact) mass is 217 g/mol. The molecule has 0 aromatic heterocycles. The minimum Gasteiger partial charge on any atom is -0.381 e. The molecule has 1 unspecified atom stereocenters. The second kappa shape index (κ2) is 7.89. The lowest BCUT2D eigenvalue weighted by Gasteiger charge is -2.05. The first-order valence-corrected chi connectivity index (χ1v) is 4.54. The summed E-state index contributed by atoms with van der Waals surface area (Å²) in [6.07, 6.45) is 4.81. The number of nitrogens with zero attached hydrogens (tertiary/aromatic N) is 2. The van der Waals surface area contributed by atoms with Crippen LogP contribution in [0.1, 0.15) is 13.3 Å². The lowest BCUT2D eigenvalue weighted by molar-refractivity contribution is -0.719. The average Bonchev–Trinajstić information content (AvgIpc) is 2.51. The molecule has 0 saturated heterocycles. The number of hydrogen-bond acceptors (Lipinski definition) is 5. The van der Waals surface area contributed by atoms with Gasteiger partial charge in [-0.1, -0.05) is 0 Å². The van der Waals surface area contributed by atoms with Crippen LogP contribution in [0.3, 0.4) is 0 Å². The molecule has 1 atom stereocenters. The van der Waals surface area contributed by atoms with Gasteiger partial charge >= 0.3 is 0 Å². The van der Waals surface area contributed by atoms with Crippen LogP contribution < -0.4 is 4.90 Å². The zero-order chi connectivity index (χ0) is 11.7. The highest BCUT2D eigenvalue weighted by molar-refractivity contribution is 5.75. The topological polar surface area (TPSA) is 92.2 Å². The fourth-order valence-electron chi connectivity index (χ4n) is 1.01. The van der Waals surface area contributed by atoms with Gasteiger partial charge < -0.3 is 20.1 Å². The number of quaternary nitrogens is 1. The SMILES string of the molecule is CCOCCC1=NC=C[NH+]1C.O=[N+]([O-])[O-].